The number of nitrogens with zero attached hydrogens (tertiary/aromatic N) is 1. The Morgan fingerprint density at radius 1 is 0.314 bits per heavy atom. The van der Waals surface area contributed by atoms with Crippen molar-refractivity contribution in [1.29, 1.82) is 0 Å². The first kappa shape index (κ1) is 27.5. The van der Waals surface area contributed by atoms with Crippen LogP contribution in [0.5, 0.6) is 0 Å². The van der Waals surface area contributed by atoms with E-state index in [0.29, 0.717) is 0 Å². The van der Waals surface area contributed by atoms with Crippen LogP contribution in [-0.2, 0) is 0 Å². The molecule has 0 bridgehead atoms. The summed E-state index contributed by atoms with van der Waals surface area (Å²) in [4.78, 5) is 4.80. The van der Waals surface area contributed by atoms with Crippen LogP contribution in [0.15, 0.2) is 164 Å². The lowest BCUT2D eigenvalue weighted by atomic mass is 9.89. The number of aromatic nitrogens is 1. The van der Waals surface area contributed by atoms with Crippen molar-refractivity contribution in [3.63, 3.8) is 0 Å². The lowest BCUT2D eigenvalue weighted by molar-refractivity contribution is 1.33. The molecule has 12 aromatic rings. The minimum absolute atomic E-state index is 1.13. The first-order chi connectivity index (χ1) is 25.2. The molecular formula is C49H27NS. The molecule has 0 fully saturated rings. The molecular weight excluding hydrogens is 635 g/mol. The maximum atomic E-state index is 4.80. The van der Waals surface area contributed by atoms with E-state index in [1.54, 1.807) is 0 Å². The lowest BCUT2D eigenvalue weighted by Crippen LogP contribution is -1.89. The van der Waals surface area contributed by atoms with E-state index < -0.39 is 0 Å². The molecule has 10 aromatic carbocycles. The van der Waals surface area contributed by atoms with E-state index >= 15 is 0 Å². The topological polar surface area (TPSA) is 12.9 Å². The summed E-state index contributed by atoms with van der Waals surface area (Å²) in [6.07, 6.45) is 4.02. The van der Waals surface area contributed by atoms with Gasteiger partial charge in [-0.2, -0.15) is 0 Å². The molecule has 0 amide bonds. The van der Waals surface area contributed by atoms with Crippen LogP contribution < -0.4 is 0 Å². The van der Waals surface area contributed by atoms with Crippen molar-refractivity contribution in [2.75, 3.05) is 0 Å². The molecule has 0 radical (unpaired) electrons. The highest BCUT2D eigenvalue weighted by atomic mass is 32.1. The Bertz CT molecular complexity index is 3340. The van der Waals surface area contributed by atoms with Crippen molar-refractivity contribution in [2.24, 2.45) is 0 Å². The second-order valence-corrected chi connectivity index (χ2v) is 15.0. The van der Waals surface area contributed by atoms with Crippen molar-refractivity contribution in [2.45, 2.75) is 0 Å². The molecule has 0 aliphatic heterocycles. The van der Waals surface area contributed by atoms with Crippen LogP contribution in [0.1, 0.15) is 0 Å². The molecule has 2 heterocycles. The van der Waals surface area contributed by atoms with Gasteiger partial charge in [0.25, 0.3) is 0 Å². The highest BCUT2D eigenvalue weighted by molar-refractivity contribution is 7.25. The third kappa shape index (κ3) is 3.88. The fourth-order valence-corrected chi connectivity index (χ4v) is 9.91. The average Bonchev–Trinajstić information content (AvgIpc) is 3.56. The SMILES string of the molecule is c1cc2ccc3ccc(-c4cncc(-c5ccc6sc7ccc(-c8ccc9ccc%10cccc%11ccc8c9c%10%11)cc7c6c5)c4)c4ccc(c1)c2c34. The van der Waals surface area contributed by atoms with E-state index in [1.165, 1.54) is 107 Å². The predicted octanol–water partition coefficient (Wildman–Crippen LogP) is 14.2. The first-order valence-electron chi connectivity index (χ1n) is 17.5. The minimum atomic E-state index is 1.13. The molecule has 0 unspecified atom stereocenters. The maximum Gasteiger partial charge on any atom is 0.0355 e. The zero-order valence-corrected chi connectivity index (χ0v) is 28.3. The van der Waals surface area contributed by atoms with Gasteiger partial charge >= 0.3 is 0 Å². The van der Waals surface area contributed by atoms with Crippen LogP contribution in [0.4, 0.5) is 0 Å². The van der Waals surface area contributed by atoms with Crippen LogP contribution >= 0.6 is 11.3 Å². The predicted molar refractivity (Wildman–Crippen MR) is 221 cm³/mol. The van der Waals surface area contributed by atoms with Gasteiger partial charge in [-0.3, -0.25) is 4.98 Å². The molecule has 12 rings (SSSR count). The van der Waals surface area contributed by atoms with Gasteiger partial charge in [0.05, 0.1) is 0 Å². The van der Waals surface area contributed by atoms with Crippen LogP contribution in [0, 0.1) is 0 Å². The average molecular weight is 662 g/mol. The molecule has 2 heteroatoms. The van der Waals surface area contributed by atoms with E-state index in [1.807, 2.05) is 23.7 Å². The number of fused-ring (bicyclic) bond motifs is 3. The number of benzene rings is 10. The molecule has 0 atom stereocenters. The molecule has 2 aromatic heterocycles. The number of hydrogen-bond donors (Lipinski definition) is 0. The summed E-state index contributed by atoms with van der Waals surface area (Å²) in [7, 11) is 0. The van der Waals surface area contributed by atoms with E-state index in [4.69, 9.17) is 4.98 Å². The Hall–Kier alpha value is -6.35. The summed E-state index contributed by atoms with van der Waals surface area (Å²) in [5, 5.41) is 18.3. The number of rotatable bonds is 3. The van der Waals surface area contributed by atoms with E-state index in [-0.39, 0.29) is 0 Å². The van der Waals surface area contributed by atoms with Crippen molar-refractivity contribution >= 4 is 96.1 Å². The Morgan fingerprint density at radius 2 is 0.765 bits per heavy atom. The summed E-state index contributed by atoms with van der Waals surface area (Å²) in [6.45, 7) is 0. The summed E-state index contributed by atoms with van der Waals surface area (Å²) < 4.78 is 2.61. The van der Waals surface area contributed by atoms with Crippen molar-refractivity contribution in [3.05, 3.63) is 164 Å². The number of pyridine rings is 1. The fourth-order valence-electron chi connectivity index (χ4n) is 8.84. The van der Waals surface area contributed by atoms with E-state index in [2.05, 4.69) is 152 Å². The van der Waals surface area contributed by atoms with Crippen molar-refractivity contribution in [1.82, 2.24) is 4.98 Å². The molecule has 234 valence electrons. The zero-order chi connectivity index (χ0) is 33.2. The molecule has 0 spiro atoms. The van der Waals surface area contributed by atoms with Gasteiger partial charge in [-0.15, -0.1) is 11.3 Å². The van der Waals surface area contributed by atoms with Gasteiger partial charge in [0.15, 0.2) is 0 Å². The summed E-state index contributed by atoms with van der Waals surface area (Å²) >= 11 is 1.87. The van der Waals surface area contributed by atoms with Gasteiger partial charge < -0.3 is 0 Å². The Balaban J connectivity index is 1.00. The smallest absolute Gasteiger partial charge is 0.0355 e. The van der Waals surface area contributed by atoms with Gasteiger partial charge in [0, 0.05) is 43.7 Å². The van der Waals surface area contributed by atoms with Crippen molar-refractivity contribution in [3.8, 4) is 33.4 Å². The molecule has 0 saturated heterocycles. The fraction of sp³-hybridized carbons (Fsp3) is 0. The van der Waals surface area contributed by atoms with E-state index in [9.17, 15) is 0 Å². The summed E-state index contributed by atoms with van der Waals surface area (Å²) in [6, 6.07) is 56.7. The van der Waals surface area contributed by atoms with Crippen molar-refractivity contribution < 1.29 is 0 Å². The standard InChI is InChI=1S/C49H27NS/c1-3-28-7-9-32-11-17-38(40-19-13-30(5-1)46(28)48(32)40)35-16-22-45-43(25-35)42-24-34(15-21-44(42)51-45)36-23-37(27-50-26-36)39-18-12-33-10-8-29-4-2-6-31-14-20-41(39)49(33)47(29)31/h1-27H. The third-order valence-corrected chi connectivity index (χ3v) is 12.4. The van der Waals surface area contributed by atoms with Gasteiger partial charge in [0.1, 0.15) is 0 Å². The highest BCUT2D eigenvalue weighted by Crippen LogP contribution is 2.44. The Kier molecular flexibility index (Phi) is 5.44. The van der Waals surface area contributed by atoms with Gasteiger partial charge in [-0.1, -0.05) is 121 Å². The summed E-state index contributed by atoms with van der Waals surface area (Å²) in [5.41, 5.74) is 7.20. The maximum absolute atomic E-state index is 4.80. The molecule has 0 saturated carbocycles. The second-order valence-electron chi connectivity index (χ2n) is 13.9. The molecule has 0 aliphatic carbocycles. The van der Waals surface area contributed by atoms with Crippen LogP contribution in [0.2, 0.25) is 0 Å². The second kappa shape index (κ2) is 10.1. The number of hydrogen-bond acceptors (Lipinski definition) is 2. The Labute approximate surface area is 297 Å². The van der Waals surface area contributed by atoms with Crippen LogP contribution in [0.25, 0.3) is 118 Å². The zero-order valence-electron chi connectivity index (χ0n) is 27.4. The molecule has 1 nitrogen and oxygen atoms in total. The third-order valence-electron chi connectivity index (χ3n) is 11.2. The number of thiophene rings is 1. The summed E-state index contributed by atoms with van der Waals surface area (Å²) in [5.74, 6) is 0. The molecule has 51 heavy (non-hydrogen) atoms. The molecule has 0 N–H and O–H groups in total. The monoisotopic (exact) mass is 661 g/mol. The van der Waals surface area contributed by atoms with Gasteiger partial charge in [-0.25, -0.2) is 0 Å². The lowest BCUT2D eigenvalue weighted by Gasteiger charge is -2.14. The molecule has 0 aliphatic rings. The van der Waals surface area contributed by atoms with Gasteiger partial charge in [0.2, 0.25) is 0 Å². The Morgan fingerprint density at radius 3 is 1.35 bits per heavy atom. The normalized spacial score (nSPS) is 12.3. The first-order valence-corrected chi connectivity index (χ1v) is 18.3. The van der Waals surface area contributed by atoms with Crippen LogP contribution in [0.3, 0.4) is 0 Å². The van der Waals surface area contributed by atoms with E-state index in [0.717, 1.165) is 11.1 Å². The quantitative estimate of drug-likeness (QED) is 0.172. The van der Waals surface area contributed by atoms with Gasteiger partial charge in [-0.05, 0) is 117 Å². The van der Waals surface area contributed by atoms with Crippen LogP contribution in [-0.4, -0.2) is 4.98 Å². The minimum Gasteiger partial charge on any atom is -0.263 e. The highest BCUT2D eigenvalue weighted by Gasteiger charge is 2.16. The largest absolute Gasteiger partial charge is 0.263 e.